The predicted molar refractivity (Wildman–Crippen MR) is 93.8 cm³/mol. The number of carboxylic acid groups (broad SMARTS) is 1. The van der Waals surface area contributed by atoms with Crippen LogP contribution in [0.5, 0.6) is 0 Å². The first-order valence-corrected chi connectivity index (χ1v) is 8.46. The van der Waals surface area contributed by atoms with Crippen molar-refractivity contribution in [3.05, 3.63) is 71.9 Å². The lowest BCUT2D eigenvalue weighted by molar-refractivity contribution is -0.0323. The van der Waals surface area contributed by atoms with E-state index in [4.69, 9.17) is 9.15 Å². The highest BCUT2D eigenvalue weighted by Gasteiger charge is 2.30. The molecule has 1 aliphatic heterocycles. The number of rotatable bonds is 4. The fourth-order valence-corrected chi connectivity index (χ4v) is 3.05. The normalized spacial score (nSPS) is 17.0. The Morgan fingerprint density at radius 3 is 2.67 bits per heavy atom. The van der Waals surface area contributed by atoms with Gasteiger partial charge in [0.25, 0.3) is 5.91 Å². The van der Waals surface area contributed by atoms with E-state index in [0.29, 0.717) is 31.1 Å². The van der Waals surface area contributed by atoms with Gasteiger partial charge in [0, 0.05) is 12.6 Å². The van der Waals surface area contributed by atoms with Crippen LogP contribution in [0.4, 0.5) is 0 Å². The van der Waals surface area contributed by atoms with Crippen LogP contribution in [0.1, 0.15) is 32.8 Å². The van der Waals surface area contributed by atoms with E-state index in [1.807, 2.05) is 6.07 Å². The minimum absolute atomic E-state index is 0.182. The third-order valence-corrected chi connectivity index (χ3v) is 4.36. The molecule has 0 bridgehead atoms. The Balaban J connectivity index is 1.66. The number of hydrogen-bond donors (Lipinski definition) is 1. The van der Waals surface area contributed by atoms with Crippen LogP contribution >= 0.6 is 0 Å². The van der Waals surface area contributed by atoms with Crippen LogP contribution in [0, 0.1) is 0 Å². The van der Waals surface area contributed by atoms with Crippen molar-refractivity contribution in [2.45, 2.75) is 6.10 Å². The highest BCUT2D eigenvalue weighted by molar-refractivity contribution is 5.96. The molecule has 3 aromatic rings. The molecule has 2 aromatic heterocycles. The van der Waals surface area contributed by atoms with Crippen LogP contribution < -0.4 is 0 Å². The van der Waals surface area contributed by atoms with Crippen molar-refractivity contribution in [3.63, 3.8) is 0 Å². The van der Waals surface area contributed by atoms with Gasteiger partial charge in [0.2, 0.25) is 0 Å². The van der Waals surface area contributed by atoms with E-state index in [1.54, 1.807) is 47.6 Å². The SMILES string of the molecule is O=C(O)c1cc(C(=O)N2CCO[C@H](c3ccco3)C2)n(-c2ccccc2)n1. The van der Waals surface area contributed by atoms with Crippen molar-refractivity contribution < 1.29 is 23.8 Å². The Kier molecular flexibility index (Phi) is 4.47. The monoisotopic (exact) mass is 367 g/mol. The Morgan fingerprint density at radius 1 is 1.15 bits per heavy atom. The summed E-state index contributed by atoms with van der Waals surface area (Å²) in [6.45, 7) is 1.08. The van der Waals surface area contributed by atoms with Gasteiger partial charge in [0.05, 0.1) is 25.1 Å². The molecule has 1 aliphatic rings. The van der Waals surface area contributed by atoms with Crippen LogP contribution in [-0.4, -0.2) is 51.4 Å². The van der Waals surface area contributed by atoms with Gasteiger partial charge in [0.1, 0.15) is 17.6 Å². The van der Waals surface area contributed by atoms with E-state index in [0.717, 1.165) is 0 Å². The van der Waals surface area contributed by atoms with Gasteiger partial charge < -0.3 is 19.2 Å². The average molecular weight is 367 g/mol. The highest BCUT2D eigenvalue weighted by Crippen LogP contribution is 2.24. The number of nitrogens with zero attached hydrogens (tertiary/aromatic N) is 3. The molecule has 0 radical (unpaired) electrons. The van der Waals surface area contributed by atoms with E-state index in [9.17, 15) is 14.7 Å². The number of morpholine rings is 1. The number of para-hydroxylation sites is 1. The molecule has 1 atom stereocenters. The van der Waals surface area contributed by atoms with Crippen LogP contribution in [-0.2, 0) is 4.74 Å². The number of aromatic carboxylic acids is 1. The topological polar surface area (TPSA) is 97.8 Å². The third kappa shape index (κ3) is 3.34. The fourth-order valence-electron chi connectivity index (χ4n) is 3.05. The van der Waals surface area contributed by atoms with E-state index >= 15 is 0 Å². The summed E-state index contributed by atoms with van der Waals surface area (Å²) in [4.78, 5) is 26.1. The van der Waals surface area contributed by atoms with Gasteiger partial charge in [-0.25, -0.2) is 9.48 Å². The molecule has 1 amide bonds. The van der Waals surface area contributed by atoms with Gasteiger partial charge in [0.15, 0.2) is 5.69 Å². The maximum absolute atomic E-state index is 13.1. The van der Waals surface area contributed by atoms with E-state index < -0.39 is 5.97 Å². The summed E-state index contributed by atoms with van der Waals surface area (Å²) < 4.78 is 12.4. The zero-order chi connectivity index (χ0) is 18.8. The molecule has 3 heterocycles. The van der Waals surface area contributed by atoms with Gasteiger partial charge in [-0.3, -0.25) is 4.79 Å². The first-order chi connectivity index (χ1) is 13.1. The molecule has 0 unspecified atom stereocenters. The molecule has 138 valence electrons. The Labute approximate surface area is 154 Å². The van der Waals surface area contributed by atoms with E-state index in [1.165, 1.54) is 10.7 Å². The molecular weight excluding hydrogens is 350 g/mol. The summed E-state index contributed by atoms with van der Waals surface area (Å²) >= 11 is 0. The first-order valence-electron chi connectivity index (χ1n) is 8.46. The van der Waals surface area contributed by atoms with Gasteiger partial charge in [-0.15, -0.1) is 0 Å². The van der Waals surface area contributed by atoms with Crippen LogP contribution in [0.25, 0.3) is 5.69 Å². The number of furan rings is 1. The van der Waals surface area contributed by atoms with Crippen LogP contribution in [0.3, 0.4) is 0 Å². The standard InChI is InChI=1S/C19H17N3O5/c23-18(21-8-10-27-17(12-21)16-7-4-9-26-16)15-11-14(19(24)25)20-22(15)13-5-2-1-3-6-13/h1-7,9,11,17H,8,10,12H2,(H,24,25)/t17-/m0/s1. The van der Waals surface area contributed by atoms with Crippen molar-refractivity contribution in [1.29, 1.82) is 0 Å². The van der Waals surface area contributed by atoms with Gasteiger partial charge >= 0.3 is 5.97 Å². The minimum atomic E-state index is -1.19. The molecule has 0 aliphatic carbocycles. The van der Waals surface area contributed by atoms with Crippen LogP contribution in [0.2, 0.25) is 0 Å². The largest absolute Gasteiger partial charge is 0.476 e. The Morgan fingerprint density at radius 2 is 1.96 bits per heavy atom. The second-order valence-electron chi connectivity index (χ2n) is 6.09. The summed E-state index contributed by atoms with van der Waals surface area (Å²) in [5.41, 5.74) is 0.626. The number of benzene rings is 1. The number of carbonyl (C=O) groups excluding carboxylic acids is 1. The minimum Gasteiger partial charge on any atom is -0.476 e. The molecule has 1 N–H and O–H groups in total. The fraction of sp³-hybridized carbons (Fsp3) is 0.211. The smallest absolute Gasteiger partial charge is 0.356 e. The molecular formula is C19H17N3O5. The second kappa shape index (κ2) is 7.08. The molecule has 1 fully saturated rings. The number of carbonyl (C=O) groups is 2. The van der Waals surface area contributed by atoms with Crippen molar-refractivity contribution in [3.8, 4) is 5.69 Å². The number of aromatic nitrogens is 2. The summed E-state index contributed by atoms with van der Waals surface area (Å²) in [5, 5.41) is 13.4. The highest BCUT2D eigenvalue weighted by atomic mass is 16.5. The van der Waals surface area contributed by atoms with Gasteiger partial charge in [-0.1, -0.05) is 18.2 Å². The lowest BCUT2D eigenvalue weighted by Crippen LogP contribution is -2.42. The zero-order valence-electron chi connectivity index (χ0n) is 14.3. The molecule has 8 heteroatoms. The average Bonchev–Trinajstić information content (AvgIpc) is 3.38. The van der Waals surface area contributed by atoms with E-state index in [2.05, 4.69) is 5.10 Å². The van der Waals surface area contributed by atoms with Gasteiger partial charge in [-0.05, 0) is 24.3 Å². The lowest BCUT2D eigenvalue weighted by atomic mass is 10.2. The summed E-state index contributed by atoms with van der Waals surface area (Å²) in [6, 6.07) is 13.8. The van der Waals surface area contributed by atoms with Crippen molar-refractivity contribution in [2.75, 3.05) is 19.7 Å². The summed E-state index contributed by atoms with van der Waals surface area (Å²) in [5.74, 6) is -0.844. The molecule has 8 nitrogen and oxygen atoms in total. The first kappa shape index (κ1) is 17.0. The maximum Gasteiger partial charge on any atom is 0.356 e. The molecule has 1 saturated heterocycles. The molecule has 1 aromatic carbocycles. The number of carboxylic acids is 1. The maximum atomic E-state index is 13.1. The molecule has 0 saturated carbocycles. The second-order valence-corrected chi connectivity index (χ2v) is 6.09. The quantitative estimate of drug-likeness (QED) is 0.760. The van der Waals surface area contributed by atoms with E-state index in [-0.39, 0.29) is 23.4 Å². The van der Waals surface area contributed by atoms with Crippen molar-refractivity contribution >= 4 is 11.9 Å². The number of amides is 1. The Bertz CT molecular complexity index is 949. The van der Waals surface area contributed by atoms with Gasteiger partial charge in [-0.2, -0.15) is 5.10 Å². The number of ether oxygens (including phenoxy) is 1. The molecule has 4 rings (SSSR count). The van der Waals surface area contributed by atoms with Crippen molar-refractivity contribution in [1.82, 2.24) is 14.7 Å². The van der Waals surface area contributed by atoms with Crippen LogP contribution in [0.15, 0.2) is 59.2 Å². The summed E-state index contributed by atoms with van der Waals surface area (Å²) in [7, 11) is 0. The third-order valence-electron chi connectivity index (χ3n) is 4.36. The van der Waals surface area contributed by atoms with Crippen molar-refractivity contribution in [2.24, 2.45) is 0 Å². The molecule has 0 spiro atoms. The Hall–Kier alpha value is -3.39. The predicted octanol–water partition coefficient (Wildman–Crippen LogP) is 2.38. The zero-order valence-corrected chi connectivity index (χ0v) is 14.3. The summed E-state index contributed by atoms with van der Waals surface area (Å²) in [6.07, 6.45) is 1.20. The molecule has 27 heavy (non-hydrogen) atoms. The number of hydrogen-bond acceptors (Lipinski definition) is 5. The lowest BCUT2D eigenvalue weighted by Gasteiger charge is -2.32.